The lowest BCUT2D eigenvalue weighted by Crippen LogP contribution is -2.37. The van der Waals surface area contributed by atoms with Crippen molar-refractivity contribution in [2.45, 2.75) is 19.8 Å². The van der Waals surface area contributed by atoms with Gasteiger partial charge in [-0.1, -0.05) is 37.3 Å². The van der Waals surface area contributed by atoms with Crippen LogP contribution in [-0.4, -0.2) is 48.7 Å². The third kappa shape index (κ3) is 6.11. The average molecular weight is 369 g/mol. The van der Waals surface area contributed by atoms with Gasteiger partial charge in [-0.15, -0.1) is 0 Å². The van der Waals surface area contributed by atoms with E-state index in [4.69, 9.17) is 5.11 Å². The molecular weight excluding hydrogens is 342 g/mol. The molecule has 0 heterocycles. The van der Waals surface area contributed by atoms with Gasteiger partial charge in [-0.25, -0.2) is 4.79 Å². The molecular formula is C21H27N3O3. The summed E-state index contributed by atoms with van der Waals surface area (Å²) in [6, 6.07) is 16.5. The molecule has 0 aromatic heterocycles. The second-order valence-corrected chi connectivity index (χ2v) is 6.30. The lowest BCUT2D eigenvalue weighted by molar-refractivity contribution is -0.117. The van der Waals surface area contributed by atoms with Crippen molar-refractivity contribution in [1.29, 1.82) is 0 Å². The first kappa shape index (κ1) is 20.5. The van der Waals surface area contributed by atoms with Crippen LogP contribution in [0.15, 0.2) is 54.6 Å². The number of benzene rings is 2. The summed E-state index contributed by atoms with van der Waals surface area (Å²) in [6.45, 7) is 2.81. The number of carbonyl (C=O) groups excluding carboxylic acids is 2. The molecule has 0 saturated carbocycles. The summed E-state index contributed by atoms with van der Waals surface area (Å²) in [6.07, 6.45) is 1.11. The molecule has 3 amide bonds. The minimum Gasteiger partial charge on any atom is -0.395 e. The molecule has 2 aromatic rings. The van der Waals surface area contributed by atoms with Crippen LogP contribution in [0.25, 0.3) is 0 Å². The predicted octanol–water partition coefficient (Wildman–Crippen LogP) is 3.13. The summed E-state index contributed by atoms with van der Waals surface area (Å²) in [5.74, 6) is -0.00458. The molecule has 6 heteroatoms. The van der Waals surface area contributed by atoms with Crippen molar-refractivity contribution in [2.24, 2.45) is 0 Å². The fourth-order valence-electron chi connectivity index (χ4n) is 2.70. The number of aliphatic hydroxyl groups excluding tert-OH is 1. The first-order chi connectivity index (χ1) is 13.0. The van der Waals surface area contributed by atoms with Crippen molar-refractivity contribution in [1.82, 2.24) is 4.90 Å². The van der Waals surface area contributed by atoms with E-state index in [1.807, 2.05) is 49.4 Å². The number of nitrogens with one attached hydrogen (secondary N) is 1. The smallest absolute Gasteiger partial charge is 0.321 e. The van der Waals surface area contributed by atoms with E-state index in [-0.39, 0.29) is 25.0 Å². The summed E-state index contributed by atoms with van der Waals surface area (Å²) in [5.41, 5.74) is 2.39. The lowest BCUT2D eigenvalue weighted by atomic mass is 10.1. The Morgan fingerprint density at radius 3 is 2.26 bits per heavy atom. The molecule has 0 saturated heterocycles. The van der Waals surface area contributed by atoms with Crippen molar-refractivity contribution in [3.8, 4) is 0 Å². The van der Waals surface area contributed by atoms with Crippen LogP contribution in [0.4, 0.5) is 16.2 Å². The van der Waals surface area contributed by atoms with Crippen LogP contribution in [0.5, 0.6) is 0 Å². The molecule has 0 bridgehead atoms. The lowest BCUT2D eigenvalue weighted by Gasteiger charge is -2.21. The van der Waals surface area contributed by atoms with Crippen LogP contribution >= 0.6 is 0 Å². The Labute approximate surface area is 160 Å². The predicted molar refractivity (Wildman–Crippen MR) is 108 cm³/mol. The van der Waals surface area contributed by atoms with Gasteiger partial charge in [0.05, 0.1) is 13.0 Å². The summed E-state index contributed by atoms with van der Waals surface area (Å²) >= 11 is 0. The molecule has 6 nitrogen and oxygen atoms in total. The number of carbonyl (C=O) groups is 2. The Balaban J connectivity index is 1.94. The first-order valence-corrected chi connectivity index (χ1v) is 9.12. The van der Waals surface area contributed by atoms with Crippen LogP contribution in [-0.2, 0) is 11.2 Å². The van der Waals surface area contributed by atoms with Gasteiger partial charge in [0, 0.05) is 31.5 Å². The van der Waals surface area contributed by atoms with Crippen LogP contribution in [0, 0.1) is 0 Å². The fraction of sp³-hybridized carbons (Fsp3) is 0.333. The molecule has 27 heavy (non-hydrogen) atoms. The van der Waals surface area contributed by atoms with E-state index in [0.717, 1.165) is 17.7 Å². The molecule has 0 fully saturated rings. The number of hydrogen-bond donors (Lipinski definition) is 2. The maximum Gasteiger partial charge on any atom is 0.321 e. The number of amides is 3. The highest BCUT2D eigenvalue weighted by atomic mass is 16.3. The maximum absolute atomic E-state index is 12.4. The number of nitrogens with zero attached hydrogens (tertiary/aromatic N) is 2. The van der Waals surface area contributed by atoms with Crippen LogP contribution in [0.3, 0.4) is 0 Å². The third-order valence-electron chi connectivity index (χ3n) is 4.23. The van der Waals surface area contributed by atoms with E-state index in [1.54, 1.807) is 29.0 Å². The van der Waals surface area contributed by atoms with Gasteiger partial charge < -0.3 is 20.2 Å². The van der Waals surface area contributed by atoms with Gasteiger partial charge >= 0.3 is 6.03 Å². The van der Waals surface area contributed by atoms with Crippen molar-refractivity contribution < 1.29 is 14.7 Å². The molecule has 0 unspecified atom stereocenters. The minimum atomic E-state index is -0.237. The van der Waals surface area contributed by atoms with Crippen molar-refractivity contribution in [3.63, 3.8) is 0 Å². The highest BCUT2D eigenvalue weighted by Gasteiger charge is 2.13. The van der Waals surface area contributed by atoms with Gasteiger partial charge in [0.25, 0.3) is 0 Å². The zero-order valence-electron chi connectivity index (χ0n) is 15.9. The molecule has 0 aliphatic rings. The number of aliphatic hydroxyl groups is 1. The molecule has 0 atom stereocenters. The fourth-order valence-corrected chi connectivity index (χ4v) is 2.70. The summed E-state index contributed by atoms with van der Waals surface area (Å²) in [5, 5.41) is 11.9. The zero-order chi connectivity index (χ0) is 19.6. The van der Waals surface area contributed by atoms with Gasteiger partial charge in [-0.3, -0.25) is 4.79 Å². The Morgan fingerprint density at radius 2 is 1.67 bits per heavy atom. The highest BCUT2D eigenvalue weighted by molar-refractivity contribution is 5.94. The van der Waals surface area contributed by atoms with E-state index in [0.29, 0.717) is 18.8 Å². The van der Waals surface area contributed by atoms with Gasteiger partial charge in [-0.05, 0) is 36.2 Å². The second-order valence-electron chi connectivity index (χ2n) is 6.30. The molecule has 2 aromatic carbocycles. The normalized spacial score (nSPS) is 10.3. The number of para-hydroxylation sites is 1. The van der Waals surface area contributed by atoms with Gasteiger partial charge in [0.2, 0.25) is 5.91 Å². The van der Waals surface area contributed by atoms with Crippen LogP contribution in [0.1, 0.15) is 18.9 Å². The van der Waals surface area contributed by atoms with E-state index >= 15 is 0 Å². The quantitative estimate of drug-likeness (QED) is 0.751. The molecule has 2 N–H and O–H groups in total. The zero-order valence-corrected chi connectivity index (χ0v) is 15.9. The number of likely N-dealkylation sites (N-methyl/N-ethyl adjacent to an activating group) is 1. The standard InChI is InChI=1S/C21H27N3O3/c1-3-13-24(14-15-25)21(27)22-18-11-9-17(10-12-18)16-20(26)23(2)19-7-5-4-6-8-19/h4-12,25H,3,13-16H2,1-2H3,(H,22,27). The number of hydrogen-bond acceptors (Lipinski definition) is 3. The molecule has 0 aliphatic heterocycles. The topological polar surface area (TPSA) is 72.9 Å². The summed E-state index contributed by atoms with van der Waals surface area (Å²) < 4.78 is 0. The summed E-state index contributed by atoms with van der Waals surface area (Å²) in [7, 11) is 1.76. The molecule has 0 spiro atoms. The molecule has 144 valence electrons. The Bertz CT molecular complexity index is 726. The number of anilines is 2. The highest BCUT2D eigenvalue weighted by Crippen LogP contribution is 2.15. The Kier molecular flexibility index (Phi) is 7.82. The van der Waals surface area contributed by atoms with Crippen molar-refractivity contribution >= 4 is 23.3 Å². The van der Waals surface area contributed by atoms with Crippen LogP contribution in [0.2, 0.25) is 0 Å². The van der Waals surface area contributed by atoms with E-state index in [2.05, 4.69) is 5.32 Å². The van der Waals surface area contributed by atoms with Crippen LogP contribution < -0.4 is 10.2 Å². The van der Waals surface area contributed by atoms with Gasteiger partial charge in [-0.2, -0.15) is 0 Å². The van der Waals surface area contributed by atoms with E-state index in [9.17, 15) is 9.59 Å². The van der Waals surface area contributed by atoms with E-state index < -0.39 is 0 Å². The second kappa shape index (κ2) is 10.3. The SMILES string of the molecule is CCCN(CCO)C(=O)Nc1ccc(CC(=O)N(C)c2ccccc2)cc1. The largest absolute Gasteiger partial charge is 0.395 e. The Morgan fingerprint density at radius 1 is 1.00 bits per heavy atom. The minimum absolute atomic E-state index is 0.00458. The number of urea groups is 1. The maximum atomic E-state index is 12.4. The molecule has 2 rings (SSSR count). The van der Waals surface area contributed by atoms with Gasteiger partial charge in [0.1, 0.15) is 0 Å². The Hall–Kier alpha value is -2.86. The molecule has 0 aliphatic carbocycles. The first-order valence-electron chi connectivity index (χ1n) is 9.12. The molecule has 0 radical (unpaired) electrons. The third-order valence-corrected chi connectivity index (χ3v) is 4.23. The van der Waals surface area contributed by atoms with Gasteiger partial charge in [0.15, 0.2) is 0 Å². The number of rotatable bonds is 8. The van der Waals surface area contributed by atoms with Crippen molar-refractivity contribution in [3.05, 3.63) is 60.2 Å². The van der Waals surface area contributed by atoms with Crippen molar-refractivity contribution in [2.75, 3.05) is 37.0 Å². The van der Waals surface area contributed by atoms with E-state index in [1.165, 1.54) is 0 Å². The monoisotopic (exact) mass is 369 g/mol. The average Bonchev–Trinajstić information content (AvgIpc) is 2.69. The summed E-state index contributed by atoms with van der Waals surface area (Å²) in [4.78, 5) is 27.9.